The Morgan fingerprint density at radius 2 is 1.92 bits per heavy atom. The highest BCUT2D eigenvalue weighted by atomic mass is 16.6. The summed E-state index contributed by atoms with van der Waals surface area (Å²) in [6.45, 7) is 5.45. The Morgan fingerprint density at radius 3 is 2.60 bits per heavy atom. The number of carbonyl (C=O) groups is 1. The molecule has 0 aliphatic rings. The molecule has 1 N–H and O–H groups in total. The fourth-order valence-electron chi connectivity index (χ4n) is 2.08. The molecule has 7 nitrogen and oxygen atoms in total. The first kappa shape index (κ1) is 18.1. The number of ether oxygens (including phenoxy) is 1. The minimum Gasteiger partial charge on any atom is -0.477 e. The minimum absolute atomic E-state index is 0.0394. The van der Waals surface area contributed by atoms with Crippen molar-refractivity contribution in [2.45, 2.75) is 20.8 Å². The summed E-state index contributed by atoms with van der Waals surface area (Å²) in [5.41, 5.74) is 6.07. The van der Waals surface area contributed by atoms with Gasteiger partial charge in [0.2, 0.25) is 0 Å². The molecule has 2 rings (SSSR count). The van der Waals surface area contributed by atoms with E-state index in [9.17, 15) is 14.9 Å². The molecule has 25 heavy (non-hydrogen) atoms. The molecule has 0 unspecified atom stereocenters. The summed E-state index contributed by atoms with van der Waals surface area (Å²) in [4.78, 5) is 22.2. The van der Waals surface area contributed by atoms with Crippen molar-refractivity contribution >= 4 is 17.3 Å². The Bertz CT molecular complexity index is 831. The van der Waals surface area contributed by atoms with E-state index < -0.39 is 10.8 Å². The number of benzene rings is 2. The lowest BCUT2D eigenvalue weighted by molar-refractivity contribution is -0.385. The number of nitro benzene ring substituents is 1. The van der Waals surface area contributed by atoms with Crippen molar-refractivity contribution in [3.8, 4) is 5.75 Å². The molecule has 0 aliphatic heterocycles. The Morgan fingerprint density at radius 1 is 1.20 bits per heavy atom. The zero-order chi connectivity index (χ0) is 18.4. The van der Waals surface area contributed by atoms with Crippen LogP contribution in [-0.2, 0) is 4.79 Å². The molecule has 0 heterocycles. The second-order valence-electron chi connectivity index (χ2n) is 5.54. The highest BCUT2D eigenvalue weighted by molar-refractivity contribution is 5.99. The number of aryl methyl sites for hydroxylation is 2. The molecule has 0 bridgehead atoms. The molecular formula is C18H19N3O4. The van der Waals surface area contributed by atoms with E-state index in [1.54, 1.807) is 13.0 Å². The zero-order valence-electron chi connectivity index (χ0n) is 14.3. The van der Waals surface area contributed by atoms with Crippen LogP contribution in [0, 0.1) is 24.0 Å². The number of amides is 1. The van der Waals surface area contributed by atoms with Crippen LogP contribution in [-0.4, -0.2) is 23.1 Å². The van der Waals surface area contributed by atoms with Gasteiger partial charge in [0.25, 0.3) is 5.91 Å². The van der Waals surface area contributed by atoms with Gasteiger partial charge in [0.15, 0.2) is 12.4 Å². The molecule has 1 amide bonds. The van der Waals surface area contributed by atoms with Crippen LogP contribution in [0.3, 0.4) is 0 Å². The quantitative estimate of drug-likeness (QED) is 0.496. The van der Waals surface area contributed by atoms with Gasteiger partial charge >= 0.3 is 5.69 Å². The fourth-order valence-corrected chi connectivity index (χ4v) is 2.08. The lowest BCUT2D eigenvalue weighted by atomic mass is 10.0. The number of hydrogen-bond donors (Lipinski definition) is 1. The summed E-state index contributed by atoms with van der Waals surface area (Å²) in [6, 6.07) is 11.8. The van der Waals surface area contributed by atoms with Gasteiger partial charge in [-0.15, -0.1) is 0 Å². The maximum atomic E-state index is 11.8. The van der Waals surface area contributed by atoms with E-state index in [-0.39, 0.29) is 18.0 Å². The molecule has 2 aromatic rings. The molecule has 0 aromatic heterocycles. The summed E-state index contributed by atoms with van der Waals surface area (Å²) in [5.74, 6) is -0.459. The maximum Gasteiger partial charge on any atom is 0.310 e. The van der Waals surface area contributed by atoms with E-state index in [1.807, 2.05) is 32.0 Å². The summed E-state index contributed by atoms with van der Waals surface area (Å²) in [6.07, 6.45) is 0. The first-order valence-corrected chi connectivity index (χ1v) is 7.65. The lowest BCUT2D eigenvalue weighted by Crippen LogP contribution is -2.25. The van der Waals surface area contributed by atoms with Crippen molar-refractivity contribution < 1.29 is 14.5 Å². The average molecular weight is 341 g/mol. The van der Waals surface area contributed by atoms with E-state index in [2.05, 4.69) is 10.5 Å². The standard InChI is InChI=1S/C18H19N3O4/c1-12-8-9-15(10-13(12)2)14(3)19-20-18(22)11-25-17-7-5-4-6-16(17)21(23)24/h4-10H,11H2,1-3H3,(H,20,22)/b19-14-. The third-order valence-corrected chi connectivity index (χ3v) is 3.69. The number of hydrazone groups is 1. The number of nitrogens with one attached hydrogen (secondary N) is 1. The zero-order valence-corrected chi connectivity index (χ0v) is 14.3. The van der Waals surface area contributed by atoms with E-state index in [0.717, 1.165) is 11.1 Å². The van der Waals surface area contributed by atoms with E-state index in [1.165, 1.54) is 23.8 Å². The van der Waals surface area contributed by atoms with E-state index in [0.29, 0.717) is 5.71 Å². The van der Waals surface area contributed by atoms with Gasteiger partial charge in [-0.3, -0.25) is 14.9 Å². The van der Waals surface area contributed by atoms with Gasteiger partial charge in [0.1, 0.15) is 0 Å². The molecule has 2 aromatic carbocycles. The number of nitrogens with zero attached hydrogens (tertiary/aromatic N) is 2. The third-order valence-electron chi connectivity index (χ3n) is 3.69. The Hall–Kier alpha value is -3.22. The van der Waals surface area contributed by atoms with Crippen molar-refractivity contribution in [2.24, 2.45) is 5.10 Å². The topological polar surface area (TPSA) is 93.8 Å². The molecule has 7 heteroatoms. The molecule has 0 spiro atoms. The van der Waals surface area contributed by atoms with Crippen LogP contribution in [0.1, 0.15) is 23.6 Å². The molecule has 0 saturated carbocycles. The predicted molar refractivity (Wildman–Crippen MR) is 94.9 cm³/mol. The summed E-state index contributed by atoms with van der Waals surface area (Å²) < 4.78 is 5.21. The highest BCUT2D eigenvalue weighted by Crippen LogP contribution is 2.25. The Kier molecular flexibility index (Phi) is 5.84. The van der Waals surface area contributed by atoms with E-state index >= 15 is 0 Å². The molecule has 0 radical (unpaired) electrons. The van der Waals surface area contributed by atoms with Crippen molar-refractivity contribution in [3.05, 3.63) is 69.3 Å². The van der Waals surface area contributed by atoms with Crippen LogP contribution in [0.15, 0.2) is 47.6 Å². The summed E-state index contributed by atoms with van der Waals surface area (Å²) in [5, 5.41) is 14.9. The molecule has 0 aliphatic carbocycles. The normalized spacial score (nSPS) is 11.1. The van der Waals surface area contributed by atoms with Crippen LogP contribution < -0.4 is 10.2 Å². The van der Waals surface area contributed by atoms with Gasteiger partial charge < -0.3 is 4.74 Å². The summed E-state index contributed by atoms with van der Waals surface area (Å²) in [7, 11) is 0. The molecule has 130 valence electrons. The van der Waals surface area contributed by atoms with Crippen LogP contribution in [0.5, 0.6) is 5.75 Å². The molecular weight excluding hydrogens is 322 g/mol. The lowest BCUT2D eigenvalue weighted by Gasteiger charge is -2.07. The van der Waals surface area contributed by atoms with Crippen molar-refractivity contribution in [2.75, 3.05) is 6.61 Å². The first-order chi connectivity index (χ1) is 11.9. The highest BCUT2D eigenvalue weighted by Gasteiger charge is 2.14. The number of para-hydroxylation sites is 2. The van der Waals surface area contributed by atoms with Crippen molar-refractivity contribution in [3.63, 3.8) is 0 Å². The van der Waals surface area contributed by atoms with E-state index in [4.69, 9.17) is 4.74 Å². The average Bonchev–Trinajstić information content (AvgIpc) is 2.60. The molecule has 0 fully saturated rings. The first-order valence-electron chi connectivity index (χ1n) is 7.65. The smallest absolute Gasteiger partial charge is 0.310 e. The number of hydrogen-bond acceptors (Lipinski definition) is 5. The molecule has 0 saturated heterocycles. The SMILES string of the molecule is C/C(=N/NC(=O)COc1ccccc1[N+](=O)[O-])c1ccc(C)c(C)c1. The fraction of sp³-hybridized carbons (Fsp3) is 0.222. The predicted octanol–water partition coefficient (Wildman–Crippen LogP) is 3.13. The van der Waals surface area contributed by atoms with Crippen LogP contribution in [0.4, 0.5) is 5.69 Å². The Balaban J connectivity index is 1.96. The van der Waals surface area contributed by atoms with Gasteiger partial charge in [-0.2, -0.15) is 5.10 Å². The van der Waals surface area contributed by atoms with Gasteiger partial charge in [-0.05, 0) is 49.6 Å². The second kappa shape index (κ2) is 8.05. The van der Waals surface area contributed by atoms with Gasteiger partial charge in [-0.1, -0.05) is 24.3 Å². The summed E-state index contributed by atoms with van der Waals surface area (Å²) >= 11 is 0. The van der Waals surface area contributed by atoms with Crippen LogP contribution in [0.25, 0.3) is 0 Å². The number of rotatable bonds is 6. The minimum atomic E-state index is -0.560. The van der Waals surface area contributed by atoms with Crippen LogP contribution >= 0.6 is 0 Å². The largest absolute Gasteiger partial charge is 0.477 e. The Labute approximate surface area is 145 Å². The monoisotopic (exact) mass is 341 g/mol. The second-order valence-corrected chi connectivity index (χ2v) is 5.54. The van der Waals surface area contributed by atoms with Gasteiger partial charge in [-0.25, -0.2) is 5.43 Å². The van der Waals surface area contributed by atoms with Gasteiger partial charge in [0.05, 0.1) is 10.6 Å². The maximum absolute atomic E-state index is 11.8. The van der Waals surface area contributed by atoms with Crippen molar-refractivity contribution in [1.29, 1.82) is 0 Å². The van der Waals surface area contributed by atoms with Crippen molar-refractivity contribution in [1.82, 2.24) is 5.43 Å². The number of nitro groups is 1. The van der Waals surface area contributed by atoms with Crippen LogP contribution in [0.2, 0.25) is 0 Å². The molecule has 0 atom stereocenters. The third kappa shape index (κ3) is 4.87. The number of carbonyl (C=O) groups excluding carboxylic acids is 1. The van der Waals surface area contributed by atoms with Gasteiger partial charge in [0, 0.05) is 6.07 Å².